The van der Waals surface area contributed by atoms with Gasteiger partial charge in [-0.15, -0.1) is 0 Å². The minimum absolute atomic E-state index is 0.749. The van der Waals surface area contributed by atoms with E-state index in [0.717, 1.165) is 30.1 Å². The average Bonchev–Trinajstić information content (AvgIpc) is 2.84. The number of aromatic nitrogens is 1. The monoisotopic (exact) mass is 252 g/mol. The van der Waals surface area contributed by atoms with E-state index >= 15 is 0 Å². The van der Waals surface area contributed by atoms with Crippen molar-refractivity contribution in [2.45, 2.75) is 20.0 Å². The third-order valence-electron chi connectivity index (χ3n) is 3.09. The van der Waals surface area contributed by atoms with E-state index in [2.05, 4.69) is 34.6 Å². The molecule has 0 aliphatic rings. The maximum Gasteiger partial charge on any atom is 0.117 e. The van der Waals surface area contributed by atoms with Gasteiger partial charge in [-0.25, -0.2) is 0 Å². The second-order valence-electron chi connectivity index (χ2n) is 4.65. The van der Waals surface area contributed by atoms with Crippen LogP contribution in [0, 0.1) is 6.92 Å². The van der Waals surface area contributed by atoms with Crippen LogP contribution in [0.25, 0.3) is 10.9 Å². The number of hydrogen-bond donors (Lipinski definition) is 1. The molecule has 2 aromatic heterocycles. The number of nitrogens with zero attached hydrogens (tertiary/aromatic N) is 1. The Kier molecular flexibility index (Phi) is 3.29. The molecular weight excluding hydrogens is 236 g/mol. The van der Waals surface area contributed by atoms with Crippen LogP contribution in [-0.4, -0.2) is 4.98 Å². The molecule has 1 N–H and O–H groups in total. The van der Waals surface area contributed by atoms with Gasteiger partial charge in [0.15, 0.2) is 0 Å². The summed E-state index contributed by atoms with van der Waals surface area (Å²) < 4.78 is 5.52. The summed E-state index contributed by atoms with van der Waals surface area (Å²) in [6, 6.07) is 14.4. The van der Waals surface area contributed by atoms with Crippen LogP contribution in [0.15, 0.2) is 53.1 Å². The molecule has 0 spiro atoms. The average molecular weight is 252 g/mol. The fourth-order valence-corrected chi connectivity index (χ4v) is 2.15. The highest BCUT2D eigenvalue weighted by atomic mass is 16.3. The molecule has 0 amide bonds. The molecule has 0 bridgehead atoms. The van der Waals surface area contributed by atoms with E-state index in [4.69, 9.17) is 4.42 Å². The molecule has 3 heteroatoms. The van der Waals surface area contributed by atoms with E-state index in [9.17, 15) is 0 Å². The Labute approximate surface area is 112 Å². The van der Waals surface area contributed by atoms with E-state index in [1.807, 2.05) is 31.3 Å². The third kappa shape index (κ3) is 2.83. The summed E-state index contributed by atoms with van der Waals surface area (Å²) in [5, 5.41) is 4.56. The van der Waals surface area contributed by atoms with Crippen molar-refractivity contribution < 1.29 is 4.42 Å². The lowest BCUT2D eigenvalue weighted by Gasteiger charge is -2.04. The van der Waals surface area contributed by atoms with Gasteiger partial charge in [-0.3, -0.25) is 4.98 Å². The number of benzene rings is 1. The lowest BCUT2D eigenvalue weighted by Crippen LogP contribution is -2.12. The van der Waals surface area contributed by atoms with Crippen molar-refractivity contribution >= 4 is 10.9 Å². The second-order valence-corrected chi connectivity index (χ2v) is 4.65. The fourth-order valence-electron chi connectivity index (χ4n) is 2.15. The third-order valence-corrected chi connectivity index (χ3v) is 3.09. The Bertz CT molecular complexity index is 688. The lowest BCUT2D eigenvalue weighted by molar-refractivity contribution is 0.462. The van der Waals surface area contributed by atoms with Gasteiger partial charge in [0, 0.05) is 18.1 Å². The standard InChI is InChI=1S/C16H16N2O/c1-12-4-6-15(19-12)11-17-10-13-5-7-16-14(9-13)3-2-8-18-16/h2-9,17H,10-11H2,1H3. The fraction of sp³-hybridized carbons (Fsp3) is 0.188. The summed E-state index contributed by atoms with van der Waals surface area (Å²) in [5.74, 6) is 1.92. The zero-order chi connectivity index (χ0) is 13.1. The molecule has 2 heterocycles. The Balaban J connectivity index is 1.65. The Hall–Kier alpha value is -2.13. The molecule has 0 saturated carbocycles. The van der Waals surface area contributed by atoms with Crippen LogP contribution in [0.3, 0.4) is 0 Å². The molecule has 0 fully saturated rings. The van der Waals surface area contributed by atoms with E-state index < -0.39 is 0 Å². The molecule has 3 nitrogen and oxygen atoms in total. The normalized spacial score (nSPS) is 11.0. The van der Waals surface area contributed by atoms with Crippen LogP contribution in [0.4, 0.5) is 0 Å². The van der Waals surface area contributed by atoms with Crippen LogP contribution in [0.5, 0.6) is 0 Å². The smallest absolute Gasteiger partial charge is 0.117 e. The van der Waals surface area contributed by atoms with Gasteiger partial charge in [0.05, 0.1) is 12.1 Å². The highest BCUT2D eigenvalue weighted by Gasteiger charge is 2.00. The van der Waals surface area contributed by atoms with Crippen LogP contribution < -0.4 is 5.32 Å². The van der Waals surface area contributed by atoms with Crippen LogP contribution in [0.2, 0.25) is 0 Å². The number of furan rings is 1. The van der Waals surface area contributed by atoms with E-state index in [1.165, 1.54) is 10.9 Å². The molecule has 0 aliphatic carbocycles. The molecule has 0 aliphatic heterocycles. The Morgan fingerprint density at radius 2 is 2.05 bits per heavy atom. The largest absolute Gasteiger partial charge is 0.465 e. The van der Waals surface area contributed by atoms with Crippen molar-refractivity contribution in [3.63, 3.8) is 0 Å². The Morgan fingerprint density at radius 3 is 2.89 bits per heavy atom. The van der Waals surface area contributed by atoms with E-state index in [-0.39, 0.29) is 0 Å². The second kappa shape index (κ2) is 5.24. The zero-order valence-electron chi connectivity index (χ0n) is 10.9. The van der Waals surface area contributed by atoms with Gasteiger partial charge in [0.2, 0.25) is 0 Å². The molecule has 96 valence electrons. The van der Waals surface area contributed by atoms with Gasteiger partial charge >= 0.3 is 0 Å². The minimum atomic E-state index is 0.749. The number of hydrogen-bond acceptors (Lipinski definition) is 3. The Morgan fingerprint density at radius 1 is 1.11 bits per heavy atom. The first-order valence-electron chi connectivity index (χ1n) is 6.41. The van der Waals surface area contributed by atoms with Crippen molar-refractivity contribution in [3.05, 3.63) is 65.7 Å². The van der Waals surface area contributed by atoms with Crippen molar-refractivity contribution in [1.29, 1.82) is 0 Å². The summed E-state index contributed by atoms with van der Waals surface area (Å²) in [7, 11) is 0. The summed E-state index contributed by atoms with van der Waals surface area (Å²) in [6.45, 7) is 3.53. The molecule has 1 aromatic carbocycles. The molecule has 0 saturated heterocycles. The number of nitrogens with one attached hydrogen (secondary N) is 1. The van der Waals surface area contributed by atoms with Gasteiger partial charge < -0.3 is 9.73 Å². The van der Waals surface area contributed by atoms with Crippen molar-refractivity contribution in [3.8, 4) is 0 Å². The van der Waals surface area contributed by atoms with Gasteiger partial charge in [0.1, 0.15) is 11.5 Å². The van der Waals surface area contributed by atoms with Crippen LogP contribution in [0.1, 0.15) is 17.1 Å². The summed E-state index contributed by atoms with van der Waals surface area (Å²) in [4.78, 5) is 4.32. The summed E-state index contributed by atoms with van der Waals surface area (Å²) in [5.41, 5.74) is 2.29. The van der Waals surface area contributed by atoms with Gasteiger partial charge in [-0.2, -0.15) is 0 Å². The van der Waals surface area contributed by atoms with Gasteiger partial charge in [-0.1, -0.05) is 12.1 Å². The molecule has 0 unspecified atom stereocenters. The predicted octanol–water partition coefficient (Wildman–Crippen LogP) is 3.43. The first-order valence-corrected chi connectivity index (χ1v) is 6.41. The van der Waals surface area contributed by atoms with Gasteiger partial charge in [0.25, 0.3) is 0 Å². The zero-order valence-corrected chi connectivity index (χ0v) is 10.9. The summed E-state index contributed by atoms with van der Waals surface area (Å²) >= 11 is 0. The number of rotatable bonds is 4. The first-order chi connectivity index (χ1) is 9.31. The quantitative estimate of drug-likeness (QED) is 0.773. The molecule has 0 radical (unpaired) electrons. The molecular formula is C16H16N2O. The number of fused-ring (bicyclic) bond motifs is 1. The SMILES string of the molecule is Cc1ccc(CNCc2ccc3ncccc3c2)o1. The molecule has 19 heavy (non-hydrogen) atoms. The summed E-state index contributed by atoms with van der Waals surface area (Å²) in [6.07, 6.45) is 1.82. The highest BCUT2D eigenvalue weighted by Crippen LogP contribution is 2.13. The number of aryl methyl sites for hydroxylation is 1. The highest BCUT2D eigenvalue weighted by molar-refractivity contribution is 5.78. The molecule has 0 atom stereocenters. The maximum absolute atomic E-state index is 5.52. The van der Waals surface area contributed by atoms with Crippen LogP contribution in [-0.2, 0) is 13.1 Å². The molecule has 3 aromatic rings. The van der Waals surface area contributed by atoms with Crippen molar-refractivity contribution in [2.24, 2.45) is 0 Å². The molecule has 3 rings (SSSR count). The van der Waals surface area contributed by atoms with Gasteiger partial charge in [-0.05, 0) is 42.8 Å². The minimum Gasteiger partial charge on any atom is -0.465 e. The predicted molar refractivity (Wildman–Crippen MR) is 75.7 cm³/mol. The first kappa shape index (κ1) is 11.9. The lowest BCUT2D eigenvalue weighted by atomic mass is 10.1. The van der Waals surface area contributed by atoms with E-state index in [1.54, 1.807) is 0 Å². The van der Waals surface area contributed by atoms with Crippen LogP contribution >= 0.6 is 0 Å². The topological polar surface area (TPSA) is 38.1 Å². The van der Waals surface area contributed by atoms with Crippen molar-refractivity contribution in [1.82, 2.24) is 10.3 Å². The van der Waals surface area contributed by atoms with Crippen molar-refractivity contribution in [2.75, 3.05) is 0 Å². The van der Waals surface area contributed by atoms with E-state index in [0.29, 0.717) is 0 Å². The maximum atomic E-state index is 5.52. The number of pyridine rings is 1.